The molecule has 0 heterocycles. The van der Waals surface area contributed by atoms with Crippen LogP contribution in [0.3, 0.4) is 0 Å². The first-order valence-corrected chi connectivity index (χ1v) is 6.84. The van der Waals surface area contributed by atoms with Crippen LogP contribution in [0, 0.1) is 5.82 Å². The van der Waals surface area contributed by atoms with Crippen molar-refractivity contribution in [2.75, 3.05) is 20.3 Å². The number of methoxy groups -OCH3 is 1. The Morgan fingerprint density at radius 2 is 1.86 bits per heavy atom. The molecular formula is C17H18FNO2. The van der Waals surface area contributed by atoms with Crippen LogP contribution in [0.2, 0.25) is 0 Å². The van der Waals surface area contributed by atoms with E-state index in [0.717, 1.165) is 17.5 Å². The second-order valence-electron chi connectivity index (χ2n) is 4.69. The Morgan fingerprint density at radius 1 is 1.14 bits per heavy atom. The van der Waals surface area contributed by atoms with Crippen molar-refractivity contribution in [2.45, 2.75) is 6.42 Å². The van der Waals surface area contributed by atoms with Crippen LogP contribution in [-0.2, 0) is 4.74 Å². The minimum absolute atomic E-state index is 0.135. The van der Waals surface area contributed by atoms with Crippen LogP contribution in [-0.4, -0.2) is 26.2 Å². The number of amides is 1. The summed E-state index contributed by atoms with van der Waals surface area (Å²) in [5, 5.41) is 2.83. The fourth-order valence-electron chi connectivity index (χ4n) is 2.03. The van der Waals surface area contributed by atoms with Crippen LogP contribution in [0.5, 0.6) is 0 Å². The zero-order valence-electron chi connectivity index (χ0n) is 11.9. The van der Waals surface area contributed by atoms with Crippen LogP contribution < -0.4 is 5.32 Å². The lowest BCUT2D eigenvalue weighted by Gasteiger charge is -2.07. The number of carbonyl (C=O) groups is 1. The highest BCUT2D eigenvalue weighted by molar-refractivity contribution is 5.95. The molecule has 110 valence electrons. The van der Waals surface area contributed by atoms with E-state index in [-0.39, 0.29) is 11.7 Å². The predicted molar refractivity (Wildman–Crippen MR) is 80.7 cm³/mol. The van der Waals surface area contributed by atoms with E-state index in [9.17, 15) is 9.18 Å². The number of benzene rings is 2. The van der Waals surface area contributed by atoms with E-state index in [0.29, 0.717) is 18.7 Å². The summed E-state index contributed by atoms with van der Waals surface area (Å²) >= 11 is 0. The molecule has 0 radical (unpaired) electrons. The van der Waals surface area contributed by atoms with Crippen LogP contribution >= 0.6 is 0 Å². The fraction of sp³-hybridized carbons (Fsp3) is 0.235. The molecule has 0 spiro atoms. The summed E-state index contributed by atoms with van der Waals surface area (Å²) in [6, 6.07) is 13.5. The number of hydrogen-bond acceptors (Lipinski definition) is 2. The van der Waals surface area contributed by atoms with E-state index in [1.165, 1.54) is 12.1 Å². The summed E-state index contributed by atoms with van der Waals surface area (Å²) in [5.74, 6) is -0.425. The molecule has 0 aromatic heterocycles. The normalized spacial score (nSPS) is 10.4. The van der Waals surface area contributed by atoms with E-state index in [4.69, 9.17) is 4.74 Å². The minimum Gasteiger partial charge on any atom is -0.385 e. The molecule has 0 unspecified atom stereocenters. The van der Waals surface area contributed by atoms with Crippen molar-refractivity contribution in [1.82, 2.24) is 5.32 Å². The summed E-state index contributed by atoms with van der Waals surface area (Å²) < 4.78 is 18.2. The SMILES string of the molecule is COCCCNC(=O)c1cccc(-c2cccc(F)c2)c1. The largest absolute Gasteiger partial charge is 0.385 e. The highest BCUT2D eigenvalue weighted by atomic mass is 19.1. The van der Waals surface area contributed by atoms with Gasteiger partial charge in [0.05, 0.1) is 0 Å². The van der Waals surface area contributed by atoms with Crippen molar-refractivity contribution in [3.8, 4) is 11.1 Å². The third kappa shape index (κ3) is 4.39. The van der Waals surface area contributed by atoms with Crippen molar-refractivity contribution in [2.24, 2.45) is 0 Å². The molecule has 1 N–H and O–H groups in total. The molecule has 0 bridgehead atoms. The van der Waals surface area contributed by atoms with Gasteiger partial charge in [0.15, 0.2) is 0 Å². The molecule has 0 aliphatic carbocycles. The smallest absolute Gasteiger partial charge is 0.251 e. The first-order valence-electron chi connectivity index (χ1n) is 6.84. The molecule has 0 atom stereocenters. The Morgan fingerprint density at radius 3 is 2.57 bits per heavy atom. The molecule has 3 nitrogen and oxygen atoms in total. The number of rotatable bonds is 6. The Hall–Kier alpha value is -2.20. The predicted octanol–water partition coefficient (Wildman–Crippen LogP) is 3.26. The number of ether oxygens (including phenoxy) is 1. The summed E-state index contributed by atoms with van der Waals surface area (Å²) in [5.41, 5.74) is 2.14. The number of carbonyl (C=O) groups excluding carboxylic acids is 1. The zero-order valence-corrected chi connectivity index (χ0v) is 11.9. The fourth-order valence-corrected chi connectivity index (χ4v) is 2.03. The van der Waals surface area contributed by atoms with Crippen molar-refractivity contribution in [1.29, 1.82) is 0 Å². The van der Waals surface area contributed by atoms with Gasteiger partial charge in [0.1, 0.15) is 5.82 Å². The van der Waals surface area contributed by atoms with Crippen LogP contribution in [0.4, 0.5) is 4.39 Å². The zero-order chi connectivity index (χ0) is 15.1. The highest BCUT2D eigenvalue weighted by Crippen LogP contribution is 2.21. The van der Waals surface area contributed by atoms with Gasteiger partial charge >= 0.3 is 0 Å². The molecule has 4 heteroatoms. The van der Waals surface area contributed by atoms with Crippen molar-refractivity contribution in [3.63, 3.8) is 0 Å². The van der Waals surface area contributed by atoms with Gasteiger partial charge in [-0.3, -0.25) is 4.79 Å². The van der Waals surface area contributed by atoms with Gasteiger partial charge in [0, 0.05) is 25.8 Å². The minimum atomic E-state index is -0.290. The molecule has 0 aliphatic heterocycles. The maximum Gasteiger partial charge on any atom is 0.251 e. The monoisotopic (exact) mass is 287 g/mol. The van der Waals surface area contributed by atoms with Gasteiger partial charge in [-0.1, -0.05) is 24.3 Å². The lowest BCUT2D eigenvalue weighted by Crippen LogP contribution is -2.25. The van der Waals surface area contributed by atoms with Crippen molar-refractivity contribution >= 4 is 5.91 Å². The second kappa shape index (κ2) is 7.55. The Kier molecular flexibility index (Phi) is 5.46. The number of halogens is 1. The van der Waals surface area contributed by atoms with Gasteiger partial charge in [-0.05, 0) is 41.8 Å². The van der Waals surface area contributed by atoms with Gasteiger partial charge in [0.25, 0.3) is 5.91 Å². The van der Waals surface area contributed by atoms with E-state index < -0.39 is 0 Å². The molecule has 0 fully saturated rings. The van der Waals surface area contributed by atoms with Gasteiger partial charge in [0.2, 0.25) is 0 Å². The Bertz CT molecular complexity index is 613. The van der Waals surface area contributed by atoms with Gasteiger partial charge in [-0.15, -0.1) is 0 Å². The highest BCUT2D eigenvalue weighted by Gasteiger charge is 2.07. The molecular weight excluding hydrogens is 269 g/mol. The molecule has 2 aromatic carbocycles. The average molecular weight is 287 g/mol. The van der Waals surface area contributed by atoms with E-state index in [1.54, 1.807) is 31.4 Å². The molecule has 0 aliphatic rings. The topological polar surface area (TPSA) is 38.3 Å². The quantitative estimate of drug-likeness (QED) is 0.828. The summed E-state index contributed by atoms with van der Waals surface area (Å²) in [6.07, 6.45) is 0.770. The maximum atomic E-state index is 13.3. The van der Waals surface area contributed by atoms with Crippen molar-refractivity contribution in [3.05, 3.63) is 59.9 Å². The molecule has 0 saturated heterocycles. The molecule has 2 aromatic rings. The van der Waals surface area contributed by atoms with E-state index in [1.807, 2.05) is 12.1 Å². The molecule has 0 saturated carbocycles. The Balaban J connectivity index is 2.09. The first-order chi connectivity index (χ1) is 10.2. The van der Waals surface area contributed by atoms with Gasteiger partial charge in [-0.2, -0.15) is 0 Å². The van der Waals surface area contributed by atoms with E-state index >= 15 is 0 Å². The second-order valence-corrected chi connectivity index (χ2v) is 4.69. The summed E-state index contributed by atoms with van der Waals surface area (Å²) in [6.45, 7) is 1.18. The third-order valence-corrected chi connectivity index (χ3v) is 3.09. The van der Waals surface area contributed by atoms with Gasteiger partial charge in [-0.25, -0.2) is 4.39 Å². The lowest BCUT2D eigenvalue weighted by molar-refractivity contribution is 0.0948. The van der Waals surface area contributed by atoms with Crippen LogP contribution in [0.15, 0.2) is 48.5 Å². The summed E-state index contributed by atoms with van der Waals surface area (Å²) in [7, 11) is 1.63. The van der Waals surface area contributed by atoms with Crippen molar-refractivity contribution < 1.29 is 13.9 Å². The first kappa shape index (κ1) is 15.2. The molecule has 2 rings (SSSR count). The number of nitrogens with one attached hydrogen (secondary N) is 1. The van der Waals surface area contributed by atoms with Crippen LogP contribution in [0.1, 0.15) is 16.8 Å². The standard InChI is InChI=1S/C17H18FNO2/c1-21-10-4-9-19-17(20)15-7-2-5-13(11-15)14-6-3-8-16(18)12-14/h2-3,5-8,11-12H,4,9-10H2,1H3,(H,19,20). The number of hydrogen-bond donors (Lipinski definition) is 1. The maximum absolute atomic E-state index is 13.3. The van der Waals surface area contributed by atoms with Gasteiger partial charge < -0.3 is 10.1 Å². The summed E-state index contributed by atoms with van der Waals surface area (Å²) in [4.78, 5) is 12.0. The third-order valence-electron chi connectivity index (χ3n) is 3.09. The lowest BCUT2D eigenvalue weighted by atomic mass is 10.0. The molecule has 21 heavy (non-hydrogen) atoms. The Labute approximate surface area is 123 Å². The molecule has 1 amide bonds. The van der Waals surface area contributed by atoms with Crippen LogP contribution in [0.25, 0.3) is 11.1 Å². The van der Waals surface area contributed by atoms with E-state index in [2.05, 4.69) is 5.32 Å². The average Bonchev–Trinajstić information content (AvgIpc) is 2.51.